The van der Waals surface area contributed by atoms with Crippen molar-refractivity contribution in [1.29, 1.82) is 0 Å². The molecule has 4 N–H and O–H groups in total. The molecule has 3 saturated carbocycles. The van der Waals surface area contributed by atoms with Crippen LogP contribution in [0.4, 0.5) is 13.2 Å². The molecule has 97 heavy (non-hydrogen) atoms. The van der Waals surface area contributed by atoms with E-state index in [-0.39, 0.29) is 106 Å². The summed E-state index contributed by atoms with van der Waals surface area (Å²) in [6.45, 7) is 13.2. The SMILES string of the molecule is CCCC[C@@H]1NC(=O)[C@H](CCC2CCC(C(F)(F)F)C(Cl)C2)NC(=O)CN(C)C(=O)[C@H](CC2CCC(Cl)CC2)N(C)C(=O)CN(C)C(=O)CN(C)C(=O)[C@H]([C@@H](C)CC)NC(=O)[C@H](CC(C)C)N(C)C(=O)C[C@@H](C)N(C)C(=O)[C@H](CC(C)C)NC(=O)[C@H](CC2CCCCC2)N(C)C1=O. The molecule has 4 fully saturated rings. The summed E-state index contributed by atoms with van der Waals surface area (Å²) in [6, 6.07) is -9.01. The van der Waals surface area contributed by atoms with Crippen LogP contribution in [0.15, 0.2) is 0 Å². The predicted molar refractivity (Wildman–Crippen MR) is 368 cm³/mol. The summed E-state index contributed by atoms with van der Waals surface area (Å²) in [5, 5.41) is 10.3. The monoisotopic (exact) mass is 1420 g/mol. The molecule has 1 heterocycles. The highest BCUT2D eigenvalue weighted by molar-refractivity contribution is 6.21. The highest BCUT2D eigenvalue weighted by atomic mass is 35.5. The van der Waals surface area contributed by atoms with Gasteiger partial charge in [-0.2, -0.15) is 13.2 Å². The van der Waals surface area contributed by atoms with E-state index < -0.39 is 156 Å². The molecule has 12 atom stereocenters. The summed E-state index contributed by atoms with van der Waals surface area (Å²) in [5.74, 6) is -9.65. The van der Waals surface area contributed by atoms with Gasteiger partial charge in [0.05, 0.1) is 25.6 Å². The lowest BCUT2D eigenvalue weighted by atomic mass is 9.78. The number of hydrogen-bond donors (Lipinski definition) is 4. The van der Waals surface area contributed by atoms with E-state index in [0.29, 0.717) is 44.9 Å². The Balaban J connectivity index is 1.85. The molecule has 3 aliphatic carbocycles. The summed E-state index contributed by atoms with van der Waals surface area (Å²) in [7, 11) is 10.1. The molecule has 4 rings (SSSR count). The van der Waals surface area contributed by atoms with Gasteiger partial charge in [0, 0.05) is 72.6 Å². The van der Waals surface area contributed by atoms with E-state index in [1.165, 1.54) is 68.9 Å². The summed E-state index contributed by atoms with van der Waals surface area (Å²) in [6.07, 6.45) is 4.70. The smallest absolute Gasteiger partial charge is 0.343 e. The maximum Gasteiger partial charge on any atom is 0.393 e. The van der Waals surface area contributed by atoms with E-state index in [2.05, 4.69) is 21.3 Å². The maximum absolute atomic E-state index is 15.2. The van der Waals surface area contributed by atoms with Gasteiger partial charge in [-0.3, -0.25) is 52.7 Å². The number of rotatable bonds is 16. The van der Waals surface area contributed by atoms with Crippen molar-refractivity contribution in [2.24, 2.45) is 41.4 Å². The Morgan fingerprint density at radius 2 is 1.03 bits per heavy atom. The van der Waals surface area contributed by atoms with Crippen molar-refractivity contribution < 1.29 is 65.9 Å². The summed E-state index contributed by atoms with van der Waals surface area (Å²) >= 11 is 12.9. The van der Waals surface area contributed by atoms with Gasteiger partial charge in [-0.1, -0.05) is 99.8 Å². The third kappa shape index (κ3) is 25.6. The average molecular weight is 1420 g/mol. The van der Waals surface area contributed by atoms with Gasteiger partial charge in [-0.05, 0) is 132 Å². The van der Waals surface area contributed by atoms with Gasteiger partial charge >= 0.3 is 6.18 Å². The number of carbonyl (C=O) groups is 11. The molecule has 554 valence electrons. The Hall–Kier alpha value is -5.46. The molecule has 11 amide bonds. The fraction of sp³-hybridized carbons (Fsp3) is 0.843. The first kappa shape index (κ1) is 84.0. The number of unbranched alkanes of at least 4 members (excludes halogenated alkanes) is 1. The molecule has 27 heteroatoms. The molecule has 0 spiro atoms. The van der Waals surface area contributed by atoms with Gasteiger partial charge in [0.25, 0.3) is 0 Å². The lowest BCUT2D eigenvalue weighted by Crippen LogP contribution is -2.59. The minimum Gasteiger partial charge on any atom is -0.343 e. The summed E-state index contributed by atoms with van der Waals surface area (Å²) in [5.41, 5.74) is 0. The number of likely N-dealkylation sites (N-methyl/N-ethyl adjacent to an activating group) is 7. The van der Waals surface area contributed by atoms with Gasteiger partial charge in [-0.25, -0.2) is 0 Å². The number of nitrogens with one attached hydrogen (secondary N) is 4. The average Bonchev–Trinajstić information content (AvgIpc) is 0.885. The molecule has 1 aliphatic heterocycles. The quantitative estimate of drug-likeness (QED) is 0.108. The summed E-state index contributed by atoms with van der Waals surface area (Å²) < 4.78 is 42.0. The Labute approximate surface area is 585 Å². The first-order chi connectivity index (χ1) is 45.4. The first-order valence-electron chi connectivity index (χ1n) is 35.7. The normalized spacial score (nSPS) is 30.0. The van der Waals surface area contributed by atoms with E-state index in [1.807, 2.05) is 41.5 Å². The Morgan fingerprint density at radius 1 is 0.495 bits per heavy atom. The lowest BCUT2D eigenvalue weighted by molar-refractivity contribution is -0.182. The number of carbonyl (C=O) groups excluding carboxylic acids is 11. The molecule has 0 aromatic rings. The third-order valence-corrected chi connectivity index (χ3v) is 21.8. The highest BCUT2D eigenvalue weighted by Crippen LogP contribution is 2.44. The van der Waals surface area contributed by atoms with Gasteiger partial charge in [0.1, 0.15) is 42.3 Å². The van der Waals surface area contributed by atoms with Gasteiger partial charge in [-0.15, -0.1) is 23.2 Å². The molecular weight excluding hydrogens is 1300 g/mol. The molecule has 0 aromatic heterocycles. The zero-order chi connectivity index (χ0) is 72.9. The Kier molecular flexibility index (Phi) is 34.2. The molecule has 0 bridgehead atoms. The number of alkyl halides is 5. The second-order valence-corrected chi connectivity index (χ2v) is 30.9. The van der Waals surface area contributed by atoms with Gasteiger partial charge in [0.2, 0.25) is 65.0 Å². The number of hydrogen-bond acceptors (Lipinski definition) is 11. The molecule has 4 aliphatic rings. The first-order valence-corrected chi connectivity index (χ1v) is 36.6. The van der Waals surface area contributed by atoms with E-state index in [4.69, 9.17) is 23.2 Å². The van der Waals surface area contributed by atoms with Crippen molar-refractivity contribution in [3.63, 3.8) is 0 Å². The van der Waals surface area contributed by atoms with Crippen molar-refractivity contribution in [1.82, 2.24) is 55.6 Å². The Morgan fingerprint density at radius 3 is 1.61 bits per heavy atom. The van der Waals surface area contributed by atoms with Crippen molar-refractivity contribution in [2.75, 3.05) is 69.0 Å². The zero-order valence-corrected chi connectivity index (χ0v) is 62.2. The van der Waals surface area contributed by atoms with Gasteiger partial charge in [0.15, 0.2) is 0 Å². The molecule has 0 radical (unpaired) electrons. The van der Waals surface area contributed by atoms with E-state index in [9.17, 15) is 56.3 Å². The van der Waals surface area contributed by atoms with Crippen LogP contribution in [-0.2, 0) is 52.7 Å². The van der Waals surface area contributed by atoms with E-state index in [0.717, 1.165) is 46.8 Å². The molecule has 1 saturated heterocycles. The summed E-state index contributed by atoms with van der Waals surface area (Å²) in [4.78, 5) is 170. The van der Waals surface area contributed by atoms with Crippen LogP contribution in [0.2, 0.25) is 0 Å². The predicted octanol–water partition coefficient (Wildman–Crippen LogP) is 7.89. The topological polar surface area (TPSA) is 259 Å². The number of amides is 11. The van der Waals surface area contributed by atoms with Crippen LogP contribution in [0.3, 0.4) is 0 Å². The Bertz CT molecular complexity index is 2650. The van der Waals surface area contributed by atoms with Crippen molar-refractivity contribution in [2.45, 2.75) is 268 Å². The van der Waals surface area contributed by atoms with Crippen LogP contribution in [0, 0.1) is 41.4 Å². The lowest BCUT2D eigenvalue weighted by Gasteiger charge is -2.37. The number of halogens is 5. The van der Waals surface area contributed by atoms with Crippen molar-refractivity contribution in [3.8, 4) is 0 Å². The van der Waals surface area contributed by atoms with Crippen LogP contribution in [0.5, 0.6) is 0 Å². The van der Waals surface area contributed by atoms with Crippen LogP contribution in [-0.4, -0.2) is 234 Å². The zero-order valence-electron chi connectivity index (χ0n) is 60.7. The molecular formula is C70H118Cl2F3N11O11. The fourth-order valence-electron chi connectivity index (χ4n) is 14.1. The second-order valence-electron chi connectivity index (χ2n) is 29.7. The largest absolute Gasteiger partial charge is 0.393 e. The van der Waals surface area contributed by atoms with Crippen LogP contribution >= 0.6 is 23.2 Å². The standard InChI is InChI=1S/C70H118Cl2F3N11O11/c1-16-18-24-53-66(94)86(15)56(37-46-22-20-19-21-23-46)64(92)78-54(33-42(3)4)67(95)83(12)45(8)35-59(88)84(13)55(34-43(5)6)65(93)79-62(44(7)17-2)69(97)82(11)40-60(89)80(9)41-61(90)85(14)57(38-48-25-29-49(71)30-26-48)68(96)81(10)39-58(87)76-52(63(91)77-53)32-28-47-27-31-50(51(72)36-47)70(73,74)75/h42-57,62H,16-41H2,1-15H3,(H,76,87)(H,77,91)(H,78,92)(H,79,93)/t44-,45+,47?,48?,49?,50?,51?,52-,53-,54-,55-,56-,57-,62-/m0/s1. The minimum atomic E-state index is -4.51. The van der Waals surface area contributed by atoms with Crippen LogP contribution in [0.25, 0.3) is 0 Å². The molecule has 22 nitrogen and oxygen atoms in total. The molecule has 0 aromatic carbocycles. The maximum atomic E-state index is 15.2. The van der Waals surface area contributed by atoms with E-state index in [1.54, 1.807) is 13.8 Å². The van der Waals surface area contributed by atoms with Gasteiger partial charge < -0.3 is 55.6 Å². The number of nitrogens with zero attached hydrogens (tertiary/aromatic N) is 7. The van der Waals surface area contributed by atoms with Crippen LogP contribution in [0.1, 0.15) is 203 Å². The minimum absolute atomic E-state index is 0.00615. The molecule has 3 unspecified atom stereocenters. The fourth-order valence-corrected chi connectivity index (χ4v) is 14.8. The van der Waals surface area contributed by atoms with Crippen LogP contribution < -0.4 is 21.3 Å². The van der Waals surface area contributed by atoms with Crippen molar-refractivity contribution >= 4 is 88.2 Å². The highest BCUT2D eigenvalue weighted by Gasteiger charge is 2.47. The van der Waals surface area contributed by atoms with Crippen molar-refractivity contribution in [3.05, 3.63) is 0 Å². The third-order valence-electron chi connectivity index (χ3n) is 20.9. The second kappa shape index (κ2) is 39.5. The van der Waals surface area contributed by atoms with E-state index >= 15 is 9.59 Å².